The molecule has 5 nitrogen and oxygen atoms in total. The van der Waals surface area contributed by atoms with Gasteiger partial charge in [-0.05, 0) is 44.0 Å². The molecular formula is C17H23N3O2. The van der Waals surface area contributed by atoms with Crippen LogP contribution in [0.15, 0.2) is 36.9 Å². The second kappa shape index (κ2) is 8.34. The first-order chi connectivity index (χ1) is 10.7. The van der Waals surface area contributed by atoms with Gasteiger partial charge in [0.05, 0.1) is 11.3 Å². The summed E-state index contributed by atoms with van der Waals surface area (Å²) >= 11 is 0. The van der Waals surface area contributed by atoms with Crippen molar-refractivity contribution < 1.29 is 9.59 Å². The third-order valence-corrected chi connectivity index (χ3v) is 3.79. The summed E-state index contributed by atoms with van der Waals surface area (Å²) in [6.07, 6.45) is 4.11. The first kappa shape index (κ1) is 16.2. The van der Waals surface area contributed by atoms with Gasteiger partial charge in [0.1, 0.15) is 0 Å². The Kier molecular flexibility index (Phi) is 6.15. The Hall–Kier alpha value is -2.14. The van der Waals surface area contributed by atoms with E-state index in [0.717, 1.165) is 25.9 Å². The van der Waals surface area contributed by atoms with E-state index >= 15 is 0 Å². The second-order valence-electron chi connectivity index (χ2n) is 5.49. The van der Waals surface area contributed by atoms with E-state index < -0.39 is 0 Å². The quantitative estimate of drug-likeness (QED) is 0.674. The van der Waals surface area contributed by atoms with Crippen molar-refractivity contribution in [2.45, 2.75) is 19.3 Å². The lowest BCUT2D eigenvalue weighted by atomic mass is 10.0. The number of hydrogen-bond donors (Lipinski definition) is 3. The van der Waals surface area contributed by atoms with E-state index in [0.29, 0.717) is 30.1 Å². The summed E-state index contributed by atoms with van der Waals surface area (Å²) in [4.78, 5) is 24.1. The van der Waals surface area contributed by atoms with Crippen LogP contribution >= 0.6 is 0 Å². The molecule has 1 aromatic carbocycles. The van der Waals surface area contributed by atoms with E-state index in [1.165, 1.54) is 0 Å². The van der Waals surface area contributed by atoms with Crippen LogP contribution in [0.1, 0.15) is 29.6 Å². The van der Waals surface area contributed by atoms with Gasteiger partial charge in [0.25, 0.3) is 5.91 Å². The van der Waals surface area contributed by atoms with Crippen LogP contribution in [0.4, 0.5) is 5.69 Å². The van der Waals surface area contributed by atoms with Crippen LogP contribution in [-0.2, 0) is 4.79 Å². The molecule has 0 saturated carbocycles. The van der Waals surface area contributed by atoms with Gasteiger partial charge in [-0.15, -0.1) is 6.58 Å². The van der Waals surface area contributed by atoms with Crippen molar-refractivity contribution in [1.82, 2.24) is 10.6 Å². The zero-order chi connectivity index (χ0) is 15.8. The van der Waals surface area contributed by atoms with Crippen molar-refractivity contribution in [1.29, 1.82) is 0 Å². The number of anilines is 1. The van der Waals surface area contributed by atoms with E-state index in [2.05, 4.69) is 22.5 Å². The highest BCUT2D eigenvalue weighted by Gasteiger charge is 2.17. The fourth-order valence-electron chi connectivity index (χ4n) is 2.56. The highest BCUT2D eigenvalue weighted by Crippen LogP contribution is 2.18. The summed E-state index contributed by atoms with van der Waals surface area (Å²) in [5.74, 6) is 0.323. The van der Waals surface area contributed by atoms with Crippen LogP contribution in [0, 0.1) is 5.92 Å². The molecule has 1 saturated heterocycles. The van der Waals surface area contributed by atoms with Gasteiger partial charge in [-0.3, -0.25) is 9.59 Å². The molecule has 1 aliphatic heterocycles. The van der Waals surface area contributed by atoms with E-state index in [1.54, 1.807) is 30.3 Å². The standard InChI is InChI=1S/C17H23N3O2/c1-2-10-19-17(22)14-5-3-4-6-15(14)20-16(21)8-7-13-9-11-18-12-13/h2-6,13,18H,1,7-12H2,(H,19,22)(H,20,21). The topological polar surface area (TPSA) is 70.2 Å². The highest BCUT2D eigenvalue weighted by molar-refractivity contribution is 6.03. The monoisotopic (exact) mass is 301 g/mol. The third-order valence-electron chi connectivity index (χ3n) is 3.79. The third kappa shape index (κ3) is 4.70. The number of amides is 2. The lowest BCUT2D eigenvalue weighted by Crippen LogP contribution is -2.25. The first-order valence-electron chi connectivity index (χ1n) is 7.69. The predicted molar refractivity (Wildman–Crippen MR) is 87.8 cm³/mol. The Bertz CT molecular complexity index is 536. The van der Waals surface area contributed by atoms with Gasteiger partial charge in [0.2, 0.25) is 5.91 Å². The zero-order valence-electron chi connectivity index (χ0n) is 12.7. The predicted octanol–water partition coefficient (Wildman–Crippen LogP) is 1.93. The normalized spacial score (nSPS) is 17.0. The molecule has 1 heterocycles. The van der Waals surface area contributed by atoms with Crippen LogP contribution in [-0.4, -0.2) is 31.4 Å². The Morgan fingerprint density at radius 2 is 2.18 bits per heavy atom. The average molecular weight is 301 g/mol. The van der Waals surface area contributed by atoms with E-state index in [1.807, 2.05) is 0 Å². The maximum absolute atomic E-state index is 12.1. The lowest BCUT2D eigenvalue weighted by molar-refractivity contribution is -0.116. The van der Waals surface area contributed by atoms with Gasteiger partial charge < -0.3 is 16.0 Å². The smallest absolute Gasteiger partial charge is 0.253 e. The van der Waals surface area contributed by atoms with Crippen LogP contribution < -0.4 is 16.0 Å². The summed E-state index contributed by atoms with van der Waals surface area (Å²) in [5.41, 5.74) is 1.03. The molecule has 0 radical (unpaired) electrons. The molecule has 1 aromatic rings. The van der Waals surface area contributed by atoms with Crippen molar-refractivity contribution >= 4 is 17.5 Å². The molecule has 2 amide bonds. The van der Waals surface area contributed by atoms with Gasteiger partial charge >= 0.3 is 0 Å². The molecule has 1 atom stereocenters. The van der Waals surface area contributed by atoms with Crippen molar-refractivity contribution in [3.05, 3.63) is 42.5 Å². The first-order valence-corrected chi connectivity index (χ1v) is 7.69. The Labute approximate surface area is 131 Å². The molecular weight excluding hydrogens is 278 g/mol. The minimum absolute atomic E-state index is 0.0455. The number of carbonyl (C=O) groups excluding carboxylic acids is 2. The summed E-state index contributed by atoms with van der Waals surface area (Å²) in [7, 11) is 0. The highest BCUT2D eigenvalue weighted by atomic mass is 16.2. The van der Waals surface area contributed by atoms with Crippen LogP contribution in [0.5, 0.6) is 0 Å². The fraction of sp³-hybridized carbons (Fsp3) is 0.412. The minimum atomic E-state index is -0.212. The van der Waals surface area contributed by atoms with Crippen molar-refractivity contribution in [2.75, 3.05) is 25.0 Å². The number of carbonyl (C=O) groups is 2. The van der Waals surface area contributed by atoms with Crippen molar-refractivity contribution in [3.8, 4) is 0 Å². The molecule has 5 heteroatoms. The number of nitrogens with one attached hydrogen (secondary N) is 3. The number of rotatable bonds is 7. The molecule has 3 N–H and O–H groups in total. The fourth-order valence-corrected chi connectivity index (χ4v) is 2.56. The molecule has 1 aliphatic rings. The van der Waals surface area contributed by atoms with E-state index in [4.69, 9.17) is 0 Å². The molecule has 0 bridgehead atoms. The number of benzene rings is 1. The van der Waals surface area contributed by atoms with Gasteiger partial charge in [-0.25, -0.2) is 0 Å². The van der Waals surface area contributed by atoms with Gasteiger partial charge in [-0.2, -0.15) is 0 Å². The summed E-state index contributed by atoms with van der Waals surface area (Å²) in [6.45, 7) is 6.00. The van der Waals surface area contributed by atoms with Crippen LogP contribution in [0.3, 0.4) is 0 Å². The molecule has 118 valence electrons. The van der Waals surface area contributed by atoms with Gasteiger partial charge in [0, 0.05) is 13.0 Å². The lowest BCUT2D eigenvalue weighted by Gasteiger charge is -2.12. The number of para-hydroxylation sites is 1. The molecule has 1 unspecified atom stereocenters. The van der Waals surface area contributed by atoms with E-state index in [-0.39, 0.29) is 11.8 Å². The van der Waals surface area contributed by atoms with Crippen LogP contribution in [0.25, 0.3) is 0 Å². The second-order valence-corrected chi connectivity index (χ2v) is 5.49. The summed E-state index contributed by atoms with van der Waals surface area (Å²) < 4.78 is 0. The molecule has 0 aliphatic carbocycles. The SMILES string of the molecule is C=CCNC(=O)c1ccccc1NC(=O)CCC1CCNC1. The van der Waals surface area contributed by atoms with Crippen LogP contribution in [0.2, 0.25) is 0 Å². The Morgan fingerprint density at radius 1 is 1.36 bits per heavy atom. The van der Waals surface area contributed by atoms with Crippen molar-refractivity contribution in [2.24, 2.45) is 5.92 Å². The summed E-state index contributed by atoms with van der Waals surface area (Å²) in [6, 6.07) is 7.04. The number of hydrogen-bond acceptors (Lipinski definition) is 3. The maximum Gasteiger partial charge on any atom is 0.253 e. The molecule has 1 fully saturated rings. The molecule has 0 spiro atoms. The Morgan fingerprint density at radius 3 is 2.91 bits per heavy atom. The zero-order valence-corrected chi connectivity index (χ0v) is 12.7. The van der Waals surface area contributed by atoms with Gasteiger partial charge in [-0.1, -0.05) is 18.2 Å². The molecule has 0 aromatic heterocycles. The van der Waals surface area contributed by atoms with Gasteiger partial charge in [0.15, 0.2) is 0 Å². The maximum atomic E-state index is 12.1. The minimum Gasteiger partial charge on any atom is -0.349 e. The average Bonchev–Trinajstić information content (AvgIpc) is 3.04. The Balaban J connectivity index is 1.91. The molecule has 22 heavy (non-hydrogen) atoms. The largest absolute Gasteiger partial charge is 0.349 e. The summed E-state index contributed by atoms with van der Waals surface area (Å²) in [5, 5.41) is 8.86. The van der Waals surface area contributed by atoms with E-state index in [9.17, 15) is 9.59 Å². The van der Waals surface area contributed by atoms with Crippen molar-refractivity contribution in [3.63, 3.8) is 0 Å². The molecule has 2 rings (SSSR count).